The first-order valence-corrected chi connectivity index (χ1v) is 18.2. The largest absolute Gasteiger partial charge is 0.486 e. The lowest BCUT2D eigenvalue weighted by Gasteiger charge is -2.37. The van der Waals surface area contributed by atoms with Gasteiger partial charge in [0.05, 0.1) is 23.2 Å². The van der Waals surface area contributed by atoms with Crippen LogP contribution in [0.4, 0.5) is 13.6 Å². The molecular weight excluding hydrogens is 710 g/mol. The summed E-state index contributed by atoms with van der Waals surface area (Å²) in [5, 5.41) is 19.4. The first-order valence-electron chi connectivity index (χ1n) is 18.2. The second-order valence-electron chi connectivity index (χ2n) is 14.5. The van der Waals surface area contributed by atoms with Crippen molar-refractivity contribution in [3.05, 3.63) is 118 Å². The molecule has 0 radical (unpaired) electrons. The van der Waals surface area contributed by atoms with E-state index in [1.165, 1.54) is 24.3 Å². The minimum atomic E-state index is -1.06. The number of carbonyl (C=O) groups excluding carboxylic acids is 1. The van der Waals surface area contributed by atoms with Gasteiger partial charge >= 0.3 is 6.03 Å². The molecule has 4 aromatic carbocycles. The topological polar surface area (TPSA) is 127 Å². The van der Waals surface area contributed by atoms with E-state index < -0.39 is 47.7 Å². The Balaban J connectivity index is 1.27. The Morgan fingerprint density at radius 2 is 1.02 bits per heavy atom. The average molecular weight is 749 g/mol. The predicted molar refractivity (Wildman–Crippen MR) is 192 cm³/mol. The zero-order valence-electron chi connectivity index (χ0n) is 30.3. The van der Waals surface area contributed by atoms with Crippen LogP contribution < -0.4 is 18.9 Å². The van der Waals surface area contributed by atoms with E-state index in [4.69, 9.17) is 28.4 Å². The van der Waals surface area contributed by atoms with E-state index >= 15 is 4.79 Å². The van der Waals surface area contributed by atoms with Crippen molar-refractivity contribution in [3.63, 3.8) is 0 Å². The Hall–Kier alpha value is -5.89. The van der Waals surface area contributed by atoms with Crippen LogP contribution in [0.15, 0.2) is 72.8 Å². The molecule has 0 aliphatic carbocycles. The minimum Gasteiger partial charge on any atom is -0.486 e. The molecule has 13 heteroatoms. The summed E-state index contributed by atoms with van der Waals surface area (Å²) in [6.07, 6.45) is -0.736. The fourth-order valence-electron chi connectivity index (χ4n) is 7.86. The summed E-state index contributed by atoms with van der Waals surface area (Å²) in [5.41, 5.74) is 2.48. The van der Waals surface area contributed by atoms with Crippen LogP contribution in [0.2, 0.25) is 0 Å². The van der Waals surface area contributed by atoms with E-state index in [1.54, 1.807) is 21.9 Å². The van der Waals surface area contributed by atoms with Crippen molar-refractivity contribution in [2.45, 2.75) is 69.9 Å². The number of fused-ring (bicyclic) bond motifs is 3. The molecule has 0 spiro atoms. The molecule has 11 nitrogen and oxygen atoms in total. The molecule has 282 valence electrons. The van der Waals surface area contributed by atoms with E-state index in [0.29, 0.717) is 73.4 Å². The Kier molecular flexibility index (Phi) is 9.68. The molecule has 0 saturated carbocycles. The minimum absolute atomic E-state index is 0.00384. The SMILES string of the molecule is CC1(C)O[C@@H]2[C@@H](O1)[C@@H](Cc1ccc3c(c1)OCCO3)N(Cc1ccc(F)c(C#N)c1)C(=O)N(Cc1ccc(F)c(C#N)c1)[C@@H]2Cc1ccc2c(c1)OCCO2. The van der Waals surface area contributed by atoms with Crippen molar-refractivity contribution in [2.75, 3.05) is 26.4 Å². The van der Waals surface area contributed by atoms with Gasteiger partial charge in [-0.3, -0.25) is 0 Å². The third-order valence-electron chi connectivity index (χ3n) is 10.3. The highest BCUT2D eigenvalue weighted by Gasteiger charge is 2.55. The molecule has 2 amide bonds. The number of amides is 2. The Morgan fingerprint density at radius 1 is 0.618 bits per heavy atom. The van der Waals surface area contributed by atoms with E-state index in [9.17, 15) is 19.3 Å². The zero-order valence-corrected chi connectivity index (χ0v) is 30.3. The predicted octanol–water partition coefficient (Wildman–Crippen LogP) is 6.43. The van der Waals surface area contributed by atoms with Crippen LogP contribution in [-0.2, 0) is 35.4 Å². The van der Waals surface area contributed by atoms with Crippen LogP contribution in [-0.4, -0.2) is 72.3 Å². The first kappa shape index (κ1) is 36.1. The van der Waals surface area contributed by atoms with Crippen molar-refractivity contribution >= 4 is 6.03 Å². The number of hydrogen-bond donors (Lipinski definition) is 0. The maximum absolute atomic E-state index is 15.4. The van der Waals surface area contributed by atoms with Gasteiger partial charge in [0.15, 0.2) is 28.8 Å². The van der Waals surface area contributed by atoms with Crippen LogP contribution in [0.5, 0.6) is 23.0 Å². The summed E-state index contributed by atoms with van der Waals surface area (Å²) in [4.78, 5) is 18.8. The van der Waals surface area contributed by atoms with Gasteiger partial charge in [0.2, 0.25) is 0 Å². The van der Waals surface area contributed by atoms with Crippen molar-refractivity contribution in [2.24, 2.45) is 0 Å². The van der Waals surface area contributed by atoms with Crippen LogP contribution in [0.1, 0.15) is 47.2 Å². The number of halogens is 2. The highest BCUT2D eigenvalue weighted by Crippen LogP contribution is 2.42. The number of urea groups is 1. The molecule has 0 aromatic heterocycles. The van der Waals surface area contributed by atoms with Crippen molar-refractivity contribution in [3.8, 4) is 35.1 Å². The maximum atomic E-state index is 15.4. The molecule has 4 aliphatic rings. The van der Waals surface area contributed by atoms with Crippen LogP contribution in [0.3, 0.4) is 0 Å². The Labute approximate surface area is 317 Å². The van der Waals surface area contributed by atoms with Gasteiger partial charge in [0, 0.05) is 13.1 Å². The summed E-state index contributed by atoms with van der Waals surface area (Å²) in [7, 11) is 0. The molecule has 4 aliphatic heterocycles. The highest BCUT2D eigenvalue weighted by atomic mass is 19.1. The fourth-order valence-corrected chi connectivity index (χ4v) is 7.86. The van der Waals surface area contributed by atoms with Crippen LogP contribution in [0.25, 0.3) is 0 Å². The molecule has 2 fully saturated rings. The van der Waals surface area contributed by atoms with Crippen LogP contribution >= 0.6 is 0 Å². The number of rotatable bonds is 8. The molecule has 4 atom stereocenters. The number of hydrogen-bond acceptors (Lipinski definition) is 9. The number of ether oxygens (including phenoxy) is 6. The van der Waals surface area contributed by atoms with Gasteiger partial charge in [0.25, 0.3) is 0 Å². The molecule has 0 bridgehead atoms. The maximum Gasteiger partial charge on any atom is 0.321 e. The lowest BCUT2D eigenvalue weighted by molar-refractivity contribution is -0.157. The van der Waals surface area contributed by atoms with Crippen molar-refractivity contribution < 1.29 is 42.0 Å². The zero-order chi connectivity index (χ0) is 38.3. The molecule has 55 heavy (non-hydrogen) atoms. The number of nitrogens with zero attached hydrogens (tertiary/aromatic N) is 4. The standard InChI is InChI=1S/C42H38F2N4O7/c1-42(2)54-39-33(17-25-5-9-35-37(19-25)52-13-11-50-35)47(23-27-3-7-31(43)29(15-27)21-45)41(49)48(24-28-4-8-32(44)30(16-28)22-46)34(40(39)55-42)18-26-6-10-36-38(20-26)53-14-12-51-36/h3-10,15-16,19-20,33-34,39-40H,11-14,17-18,23-24H2,1-2H3/t33-,34-,39+,40+/m1/s1. The van der Waals surface area contributed by atoms with Gasteiger partial charge < -0.3 is 38.2 Å². The average Bonchev–Trinajstić information content (AvgIpc) is 3.49. The summed E-state index contributed by atoms with van der Waals surface area (Å²) in [5.74, 6) is 0.0474. The molecule has 4 heterocycles. The number of carbonyl (C=O) groups is 1. The second kappa shape index (κ2) is 14.7. The lowest BCUT2D eigenvalue weighted by Crippen LogP contribution is -2.51. The molecule has 4 aromatic rings. The normalized spacial score (nSPS) is 22.3. The molecule has 2 saturated heterocycles. The highest BCUT2D eigenvalue weighted by molar-refractivity contribution is 5.76. The van der Waals surface area contributed by atoms with Gasteiger partial charge in [-0.05, 0) is 97.5 Å². The quantitative estimate of drug-likeness (QED) is 0.200. The van der Waals surface area contributed by atoms with Gasteiger partial charge in [-0.2, -0.15) is 10.5 Å². The van der Waals surface area contributed by atoms with E-state index in [0.717, 1.165) is 11.1 Å². The lowest BCUT2D eigenvalue weighted by atomic mass is 9.90. The number of nitriles is 2. The molecule has 0 N–H and O–H groups in total. The monoisotopic (exact) mass is 748 g/mol. The van der Waals surface area contributed by atoms with Gasteiger partial charge in [-0.25, -0.2) is 13.6 Å². The third kappa shape index (κ3) is 7.33. The smallest absolute Gasteiger partial charge is 0.321 e. The van der Waals surface area contributed by atoms with Crippen molar-refractivity contribution in [1.29, 1.82) is 10.5 Å². The second-order valence-corrected chi connectivity index (χ2v) is 14.5. The summed E-state index contributed by atoms with van der Waals surface area (Å²) in [6.45, 7) is 5.34. The first-order chi connectivity index (χ1) is 26.6. The van der Waals surface area contributed by atoms with E-state index in [2.05, 4.69) is 0 Å². The number of benzene rings is 4. The molecular formula is C42H38F2N4O7. The van der Waals surface area contributed by atoms with Crippen molar-refractivity contribution in [1.82, 2.24) is 9.80 Å². The summed E-state index contributed by atoms with van der Waals surface area (Å²) >= 11 is 0. The molecule has 8 rings (SSSR count). The van der Waals surface area contributed by atoms with E-state index in [-0.39, 0.29) is 24.2 Å². The summed E-state index contributed by atoms with van der Waals surface area (Å²) < 4.78 is 66.1. The fraction of sp³-hybridized carbons (Fsp3) is 0.357. The van der Waals surface area contributed by atoms with Gasteiger partial charge in [0.1, 0.15) is 62.4 Å². The van der Waals surface area contributed by atoms with Crippen LogP contribution in [0, 0.1) is 34.3 Å². The van der Waals surface area contributed by atoms with Gasteiger partial charge in [-0.1, -0.05) is 24.3 Å². The van der Waals surface area contributed by atoms with Gasteiger partial charge in [-0.15, -0.1) is 0 Å². The Morgan fingerprint density at radius 3 is 1.44 bits per heavy atom. The summed E-state index contributed by atoms with van der Waals surface area (Å²) in [6, 6.07) is 21.9. The van der Waals surface area contributed by atoms with E-state index in [1.807, 2.05) is 62.4 Å². The molecule has 0 unspecified atom stereocenters. The third-order valence-corrected chi connectivity index (χ3v) is 10.3. The Bertz CT molecular complexity index is 2070.